The van der Waals surface area contributed by atoms with Crippen LogP contribution in [0, 0.1) is 13.8 Å². The molecule has 0 spiro atoms. The van der Waals surface area contributed by atoms with Crippen LogP contribution in [0.25, 0.3) is 0 Å². The SMILES string of the molecule is Cc1cccc(CN2CCN(CC(=O)NCC(=O)Nc3cccc(Cl)c3C)CC2)c1. The van der Waals surface area contributed by atoms with E-state index in [4.69, 9.17) is 11.6 Å². The van der Waals surface area contributed by atoms with Crippen LogP contribution in [0.4, 0.5) is 5.69 Å². The largest absolute Gasteiger partial charge is 0.346 e. The van der Waals surface area contributed by atoms with E-state index in [9.17, 15) is 9.59 Å². The number of hydrogen-bond acceptors (Lipinski definition) is 4. The second kappa shape index (κ2) is 10.6. The van der Waals surface area contributed by atoms with Crippen molar-refractivity contribution in [2.24, 2.45) is 0 Å². The third-order valence-electron chi connectivity index (χ3n) is 5.31. The lowest BCUT2D eigenvalue weighted by molar-refractivity contribution is -0.125. The van der Waals surface area contributed by atoms with Gasteiger partial charge in [-0.25, -0.2) is 0 Å². The fraction of sp³-hybridized carbons (Fsp3) is 0.391. The van der Waals surface area contributed by atoms with Crippen molar-refractivity contribution in [2.45, 2.75) is 20.4 Å². The monoisotopic (exact) mass is 428 g/mol. The number of nitrogens with zero attached hydrogens (tertiary/aromatic N) is 2. The van der Waals surface area contributed by atoms with E-state index in [2.05, 4.69) is 51.6 Å². The number of aryl methyl sites for hydroxylation is 1. The Balaban J connectivity index is 1.36. The molecule has 2 amide bonds. The van der Waals surface area contributed by atoms with Crippen molar-refractivity contribution >= 4 is 29.1 Å². The van der Waals surface area contributed by atoms with Gasteiger partial charge in [0.2, 0.25) is 11.8 Å². The molecule has 2 aromatic rings. The summed E-state index contributed by atoms with van der Waals surface area (Å²) < 4.78 is 0. The van der Waals surface area contributed by atoms with Crippen molar-refractivity contribution in [3.8, 4) is 0 Å². The summed E-state index contributed by atoms with van der Waals surface area (Å²) in [5, 5.41) is 6.08. The van der Waals surface area contributed by atoms with Crippen molar-refractivity contribution in [2.75, 3.05) is 44.6 Å². The normalized spacial score (nSPS) is 15.0. The first kappa shape index (κ1) is 22.3. The Hall–Kier alpha value is -2.41. The smallest absolute Gasteiger partial charge is 0.243 e. The number of carbonyl (C=O) groups excluding carboxylic acids is 2. The van der Waals surface area contributed by atoms with Gasteiger partial charge in [-0.2, -0.15) is 0 Å². The number of benzene rings is 2. The number of nitrogens with one attached hydrogen (secondary N) is 2. The predicted octanol–water partition coefficient (Wildman–Crippen LogP) is 2.83. The summed E-state index contributed by atoms with van der Waals surface area (Å²) in [6.07, 6.45) is 0. The van der Waals surface area contributed by atoms with Gasteiger partial charge in [0.15, 0.2) is 0 Å². The molecule has 1 aliphatic heterocycles. The first-order chi connectivity index (χ1) is 14.4. The zero-order valence-electron chi connectivity index (χ0n) is 17.6. The number of hydrogen-bond donors (Lipinski definition) is 2. The number of piperazine rings is 1. The van der Waals surface area contributed by atoms with Crippen molar-refractivity contribution in [3.63, 3.8) is 0 Å². The molecule has 1 fully saturated rings. The van der Waals surface area contributed by atoms with Crippen LogP contribution in [0.2, 0.25) is 5.02 Å². The lowest BCUT2D eigenvalue weighted by atomic mass is 10.1. The predicted molar refractivity (Wildman–Crippen MR) is 121 cm³/mol. The van der Waals surface area contributed by atoms with E-state index < -0.39 is 0 Å². The molecule has 0 aromatic heterocycles. The fourth-order valence-corrected chi connectivity index (χ4v) is 3.72. The summed E-state index contributed by atoms with van der Waals surface area (Å²) in [4.78, 5) is 28.9. The maximum Gasteiger partial charge on any atom is 0.243 e. The molecule has 0 unspecified atom stereocenters. The van der Waals surface area contributed by atoms with Gasteiger partial charge in [-0.1, -0.05) is 47.5 Å². The minimum atomic E-state index is -0.267. The van der Waals surface area contributed by atoms with Crippen molar-refractivity contribution in [1.82, 2.24) is 15.1 Å². The molecule has 0 radical (unpaired) electrons. The Bertz CT molecular complexity index is 895. The van der Waals surface area contributed by atoms with Crippen LogP contribution in [0.15, 0.2) is 42.5 Å². The van der Waals surface area contributed by atoms with E-state index >= 15 is 0 Å². The first-order valence-electron chi connectivity index (χ1n) is 10.2. The highest BCUT2D eigenvalue weighted by Gasteiger charge is 2.19. The van der Waals surface area contributed by atoms with Gasteiger partial charge in [-0.15, -0.1) is 0 Å². The number of halogens is 1. The molecule has 1 heterocycles. The quantitative estimate of drug-likeness (QED) is 0.711. The lowest BCUT2D eigenvalue weighted by Gasteiger charge is -2.34. The molecule has 30 heavy (non-hydrogen) atoms. The molecular formula is C23H29ClN4O2. The average Bonchev–Trinajstić information content (AvgIpc) is 2.71. The van der Waals surface area contributed by atoms with Gasteiger partial charge in [0.25, 0.3) is 0 Å². The molecule has 1 aliphatic rings. The molecule has 3 rings (SSSR count). The second-order valence-electron chi connectivity index (χ2n) is 7.78. The molecule has 1 saturated heterocycles. The molecule has 160 valence electrons. The van der Waals surface area contributed by atoms with E-state index in [1.54, 1.807) is 18.2 Å². The summed E-state index contributed by atoms with van der Waals surface area (Å²) in [5.41, 5.74) is 4.06. The average molecular weight is 429 g/mol. The second-order valence-corrected chi connectivity index (χ2v) is 8.19. The highest BCUT2D eigenvalue weighted by molar-refractivity contribution is 6.31. The fourth-order valence-electron chi connectivity index (χ4n) is 3.55. The van der Waals surface area contributed by atoms with Crippen molar-refractivity contribution in [1.29, 1.82) is 0 Å². The Morgan fingerprint density at radius 1 is 0.967 bits per heavy atom. The zero-order chi connectivity index (χ0) is 21.5. The van der Waals surface area contributed by atoms with Crippen LogP contribution >= 0.6 is 11.6 Å². The van der Waals surface area contributed by atoms with Crippen LogP contribution in [0.1, 0.15) is 16.7 Å². The molecule has 0 atom stereocenters. The van der Waals surface area contributed by atoms with Crippen LogP contribution in [0.3, 0.4) is 0 Å². The summed E-state index contributed by atoms with van der Waals surface area (Å²) in [7, 11) is 0. The van der Waals surface area contributed by atoms with Crippen LogP contribution in [-0.2, 0) is 16.1 Å². The van der Waals surface area contributed by atoms with Crippen LogP contribution in [0.5, 0.6) is 0 Å². The van der Waals surface area contributed by atoms with E-state index in [0.29, 0.717) is 17.3 Å². The summed E-state index contributed by atoms with van der Waals surface area (Å²) >= 11 is 6.07. The van der Waals surface area contributed by atoms with E-state index in [-0.39, 0.29) is 18.4 Å². The minimum absolute atomic E-state index is 0.0574. The lowest BCUT2D eigenvalue weighted by Crippen LogP contribution is -2.49. The molecule has 0 aliphatic carbocycles. The van der Waals surface area contributed by atoms with Gasteiger partial charge in [-0.05, 0) is 37.1 Å². The maximum absolute atomic E-state index is 12.2. The zero-order valence-corrected chi connectivity index (χ0v) is 18.3. The first-order valence-corrected chi connectivity index (χ1v) is 10.6. The molecule has 0 saturated carbocycles. The Morgan fingerprint density at radius 2 is 1.67 bits per heavy atom. The molecule has 0 bridgehead atoms. The molecular weight excluding hydrogens is 400 g/mol. The van der Waals surface area contributed by atoms with Gasteiger partial charge < -0.3 is 10.6 Å². The third kappa shape index (κ3) is 6.55. The summed E-state index contributed by atoms with van der Waals surface area (Å²) in [6.45, 7) is 8.67. The summed E-state index contributed by atoms with van der Waals surface area (Å²) in [6, 6.07) is 13.9. The van der Waals surface area contributed by atoms with Crippen LogP contribution in [-0.4, -0.2) is 60.9 Å². The van der Waals surface area contributed by atoms with Gasteiger partial charge in [0, 0.05) is 43.4 Å². The molecule has 2 N–H and O–H groups in total. The number of anilines is 1. The van der Waals surface area contributed by atoms with E-state index in [1.165, 1.54) is 11.1 Å². The Morgan fingerprint density at radius 3 is 2.40 bits per heavy atom. The number of amides is 2. The standard InChI is InChI=1S/C23H29ClN4O2/c1-17-5-3-6-19(13-17)15-27-9-11-28(12-10-27)16-23(30)25-14-22(29)26-21-8-4-7-20(24)18(21)2/h3-8,13H,9-12,14-16H2,1-2H3,(H,25,30)(H,26,29). The van der Waals surface area contributed by atoms with Gasteiger partial charge in [0.1, 0.15) is 0 Å². The van der Waals surface area contributed by atoms with Crippen molar-refractivity contribution in [3.05, 3.63) is 64.2 Å². The molecule has 6 nitrogen and oxygen atoms in total. The third-order valence-corrected chi connectivity index (χ3v) is 5.72. The highest BCUT2D eigenvalue weighted by atomic mass is 35.5. The number of rotatable bonds is 7. The van der Waals surface area contributed by atoms with E-state index in [1.807, 2.05) is 6.92 Å². The number of carbonyl (C=O) groups is 2. The topological polar surface area (TPSA) is 64.7 Å². The molecule has 7 heteroatoms. The van der Waals surface area contributed by atoms with Gasteiger partial charge in [-0.3, -0.25) is 19.4 Å². The van der Waals surface area contributed by atoms with Gasteiger partial charge >= 0.3 is 0 Å². The minimum Gasteiger partial charge on any atom is -0.346 e. The van der Waals surface area contributed by atoms with Crippen molar-refractivity contribution < 1.29 is 9.59 Å². The maximum atomic E-state index is 12.2. The Labute approximate surface area is 183 Å². The van der Waals surface area contributed by atoms with Gasteiger partial charge in [0.05, 0.1) is 13.1 Å². The summed E-state index contributed by atoms with van der Waals surface area (Å²) in [5.74, 6) is -0.406. The molecule has 2 aromatic carbocycles. The van der Waals surface area contributed by atoms with E-state index in [0.717, 1.165) is 38.3 Å². The highest BCUT2D eigenvalue weighted by Crippen LogP contribution is 2.22. The Kier molecular flexibility index (Phi) is 7.85. The van der Waals surface area contributed by atoms with Crippen LogP contribution < -0.4 is 10.6 Å².